The molecule has 1 aromatic heterocycles. The van der Waals surface area contributed by atoms with Gasteiger partial charge in [-0.25, -0.2) is 9.37 Å². The molecule has 2 fully saturated rings. The largest absolute Gasteiger partial charge is 0.501 e. The van der Waals surface area contributed by atoms with Crippen LogP contribution in [0.1, 0.15) is 60.4 Å². The van der Waals surface area contributed by atoms with E-state index in [4.69, 9.17) is 16.3 Å². The average molecular weight is 647 g/mol. The molecule has 14 heteroatoms. The van der Waals surface area contributed by atoms with Crippen LogP contribution in [-0.4, -0.2) is 101 Å². The van der Waals surface area contributed by atoms with Gasteiger partial charge in [-0.05, 0) is 51.1 Å². The molecule has 45 heavy (non-hydrogen) atoms. The number of carbonyl (C=O) groups excluding carboxylic acids is 3. The van der Waals surface area contributed by atoms with Crippen molar-refractivity contribution in [2.45, 2.75) is 63.2 Å². The number of nitrogens with zero attached hydrogens (tertiary/aromatic N) is 5. The minimum atomic E-state index is -1.19. The fourth-order valence-corrected chi connectivity index (χ4v) is 7.39. The van der Waals surface area contributed by atoms with Crippen LogP contribution in [0.5, 0.6) is 5.75 Å². The van der Waals surface area contributed by atoms with Crippen LogP contribution in [-0.2, 0) is 33.0 Å². The van der Waals surface area contributed by atoms with Crippen LogP contribution in [0.3, 0.4) is 0 Å². The smallest absolute Gasteiger partial charge is 0.312 e. The first-order valence-corrected chi connectivity index (χ1v) is 15.5. The molecule has 3 amide bonds. The number of fused-ring (bicyclic) bond motifs is 2. The highest BCUT2D eigenvalue weighted by Crippen LogP contribution is 2.52. The van der Waals surface area contributed by atoms with Gasteiger partial charge in [0.25, 0.3) is 11.5 Å². The highest BCUT2D eigenvalue weighted by molar-refractivity contribution is 6.34. The Bertz CT molecular complexity index is 1560. The van der Waals surface area contributed by atoms with E-state index in [9.17, 15) is 28.7 Å². The molecular weight excluding hydrogens is 607 g/mol. The van der Waals surface area contributed by atoms with E-state index in [1.54, 1.807) is 7.11 Å². The number of likely N-dealkylation sites (tertiary alicyclic amines) is 1. The first-order chi connectivity index (χ1) is 21.3. The second-order valence-electron chi connectivity index (χ2n) is 12.7. The van der Waals surface area contributed by atoms with E-state index in [1.165, 1.54) is 53.7 Å². The Labute approximate surface area is 266 Å². The zero-order valence-electron chi connectivity index (χ0n) is 26.1. The first kappa shape index (κ1) is 32.8. The molecule has 2 N–H and O–H groups in total. The average Bonchev–Trinajstić information content (AvgIpc) is 3.33. The number of methoxy groups -OCH3 is 1. The Hall–Kier alpha value is -3.55. The van der Waals surface area contributed by atoms with Crippen molar-refractivity contribution in [1.29, 1.82) is 0 Å². The minimum absolute atomic E-state index is 0.111. The number of ether oxygens (including phenoxy) is 1. The van der Waals surface area contributed by atoms with Gasteiger partial charge in [0, 0.05) is 64.9 Å². The van der Waals surface area contributed by atoms with Crippen LogP contribution in [0.15, 0.2) is 23.0 Å². The number of halogens is 2. The van der Waals surface area contributed by atoms with Crippen molar-refractivity contribution in [1.82, 2.24) is 29.6 Å². The number of hydrogen-bond acceptors (Lipinski definition) is 8. The fourth-order valence-electron chi connectivity index (χ4n) is 7.20. The lowest BCUT2D eigenvalue weighted by Gasteiger charge is -2.47. The second kappa shape index (κ2) is 12.7. The SMILES string of the molecule is COCC1CCCN1CC12CCC(N(C)C(=O)C(=O)N(C)C)(CC1)c1nc(C(=O)NCc3cccc(Cl)c3F)c(O)c(=O)n1C2. The molecule has 0 spiro atoms. The number of aromatic nitrogens is 2. The first-order valence-electron chi connectivity index (χ1n) is 15.1. The minimum Gasteiger partial charge on any atom is -0.501 e. The molecule has 4 aliphatic rings. The molecule has 6 rings (SSSR count). The Morgan fingerprint density at radius 1 is 1.18 bits per heavy atom. The molecule has 244 valence electrons. The summed E-state index contributed by atoms with van der Waals surface area (Å²) in [5.41, 5.74) is -2.81. The van der Waals surface area contributed by atoms with Crippen molar-refractivity contribution in [3.63, 3.8) is 0 Å². The van der Waals surface area contributed by atoms with Gasteiger partial charge < -0.3 is 25.0 Å². The Kier molecular flexibility index (Phi) is 9.25. The molecule has 4 heterocycles. The summed E-state index contributed by atoms with van der Waals surface area (Å²) in [6.07, 6.45) is 4.07. The Morgan fingerprint density at radius 3 is 2.56 bits per heavy atom. The highest BCUT2D eigenvalue weighted by Gasteiger charge is 2.55. The molecule has 1 aliphatic carbocycles. The number of rotatable bonds is 8. The number of aromatic hydroxyl groups is 1. The summed E-state index contributed by atoms with van der Waals surface area (Å²) >= 11 is 5.87. The zero-order valence-corrected chi connectivity index (χ0v) is 26.8. The standard InChI is InChI=1S/C31H40ClFN6O6/c1-36(2)27(43)28(44)37(3)31-12-10-30(11-13-31,17-38-14-6-8-20(38)16-45-4)18-39-26(42)24(40)23(35-29(31)39)25(41)34-15-19-7-5-9-21(32)22(19)33/h5,7,9,20,40H,6,8,10-18H2,1-4H3,(H,34,41). The summed E-state index contributed by atoms with van der Waals surface area (Å²) in [4.78, 5) is 63.1. The van der Waals surface area contributed by atoms with Crippen LogP contribution in [0.2, 0.25) is 5.02 Å². The van der Waals surface area contributed by atoms with Gasteiger partial charge in [-0.3, -0.25) is 28.6 Å². The van der Waals surface area contributed by atoms with Crippen molar-refractivity contribution in [2.75, 3.05) is 47.9 Å². The number of nitrogens with one attached hydrogen (secondary N) is 1. The monoisotopic (exact) mass is 646 g/mol. The summed E-state index contributed by atoms with van der Waals surface area (Å²) in [7, 11) is 6.16. The van der Waals surface area contributed by atoms with E-state index < -0.39 is 46.1 Å². The molecular formula is C31H40ClFN6O6. The van der Waals surface area contributed by atoms with Gasteiger partial charge in [0.15, 0.2) is 5.69 Å². The quantitative estimate of drug-likeness (QED) is 0.416. The fraction of sp³-hybridized carbons (Fsp3) is 0.581. The van der Waals surface area contributed by atoms with Crippen LogP contribution >= 0.6 is 11.6 Å². The molecule has 2 aromatic rings. The van der Waals surface area contributed by atoms with Crippen LogP contribution < -0.4 is 10.9 Å². The number of amides is 3. The van der Waals surface area contributed by atoms with Gasteiger partial charge in [0.2, 0.25) is 5.75 Å². The highest BCUT2D eigenvalue weighted by atomic mass is 35.5. The molecule has 0 radical (unpaired) electrons. The predicted octanol–water partition coefficient (Wildman–Crippen LogP) is 2.10. The van der Waals surface area contributed by atoms with Crippen molar-refractivity contribution in [3.05, 3.63) is 56.5 Å². The predicted molar refractivity (Wildman–Crippen MR) is 163 cm³/mol. The second-order valence-corrected chi connectivity index (χ2v) is 13.1. The van der Waals surface area contributed by atoms with E-state index in [-0.39, 0.29) is 41.0 Å². The van der Waals surface area contributed by atoms with Gasteiger partial charge in [0.05, 0.1) is 11.6 Å². The zero-order chi connectivity index (χ0) is 32.7. The maximum absolute atomic E-state index is 14.5. The summed E-state index contributed by atoms with van der Waals surface area (Å²) in [5.74, 6) is -3.80. The maximum atomic E-state index is 14.5. The van der Waals surface area contributed by atoms with Crippen molar-refractivity contribution >= 4 is 29.3 Å². The number of likely N-dealkylation sites (N-methyl/N-ethyl adjacent to an activating group) is 2. The van der Waals surface area contributed by atoms with Crippen LogP contribution in [0, 0.1) is 11.2 Å². The third kappa shape index (κ3) is 5.93. The maximum Gasteiger partial charge on any atom is 0.312 e. The third-order valence-corrected chi connectivity index (χ3v) is 10.1. The molecule has 1 atom stereocenters. The number of hydrogen-bond donors (Lipinski definition) is 2. The number of carbonyl (C=O) groups is 3. The van der Waals surface area contributed by atoms with Gasteiger partial charge in [-0.15, -0.1) is 0 Å². The normalized spacial score (nSPS) is 24.2. The summed E-state index contributed by atoms with van der Waals surface area (Å²) < 4.78 is 21.3. The number of benzene rings is 1. The molecule has 2 bridgehead atoms. The van der Waals surface area contributed by atoms with Gasteiger partial charge >= 0.3 is 11.8 Å². The van der Waals surface area contributed by atoms with Crippen molar-refractivity contribution in [3.8, 4) is 5.75 Å². The molecule has 1 saturated heterocycles. The van der Waals surface area contributed by atoms with Crippen molar-refractivity contribution in [2.24, 2.45) is 5.41 Å². The van der Waals surface area contributed by atoms with E-state index in [2.05, 4.69) is 15.2 Å². The molecule has 1 unspecified atom stereocenters. The molecule has 1 aromatic carbocycles. The van der Waals surface area contributed by atoms with Gasteiger partial charge in [-0.2, -0.15) is 0 Å². The van der Waals surface area contributed by atoms with E-state index in [1.807, 2.05) is 0 Å². The lowest BCUT2D eigenvalue weighted by Crippen LogP contribution is -2.55. The van der Waals surface area contributed by atoms with E-state index in [0.717, 1.165) is 19.4 Å². The van der Waals surface area contributed by atoms with Crippen molar-refractivity contribution < 1.29 is 28.6 Å². The summed E-state index contributed by atoms with van der Waals surface area (Å²) in [6.45, 7) is 2.13. The van der Waals surface area contributed by atoms with E-state index >= 15 is 0 Å². The van der Waals surface area contributed by atoms with E-state index in [0.29, 0.717) is 38.8 Å². The third-order valence-electron chi connectivity index (χ3n) is 9.81. The lowest BCUT2D eigenvalue weighted by molar-refractivity contribution is -0.155. The summed E-state index contributed by atoms with van der Waals surface area (Å²) in [5, 5.41) is 13.5. The summed E-state index contributed by atoms with van der Waals surface area (Å²) in [6, 6.07) is 4.62. The molecule has 3 aliphatic heterocycles. The topological polar surface area (TPSA) is 137 Å². The Morgan fingerprint density at radius 2 is 1.89 bits per heavy atom. The van der Waals surface area contributed by atoms with Gasteiger partial charge in [-0.1, -0.05) is 23.7 Å². The Balaban J connectivity index is 1.56. The molecule has 12 nitrogen and oxygen atoms in total. The van der Waals surface area contributed by atoms with Crippen LogP contribution in [0.4, 0.5) is 4.39 Å². The van der Waals surface area contributed by atoms with Crippen LogP contribution in [0.25, 0.3) is 0 Å². The molecule has 1 saturated carbocycles. The lowest BCUT2D eigenvalue weighted by atomic mass is 9.67. The van der Waals surface area contributed by atoms with Gasteiger partial charge in [0.1, 0.15) is 17.2 Å².